The van der Waals surface area contributed by atoms with E-state index in [9.17, 15) is 25.9 Å². The van der Waals surface area contributed by atoms with Gasteiger partial charge in [-0.05, 0) is 60.7 Å². The van der Waals surface area contributed by atoms with Gasteiger partial charge in [0.05, 0.1) is 54.8 Å². The summed E-state index contributed by atoms with van der Waals surface area (Å²) in [6, 6.07) is 23.5. The molecule has 0 saturated carbocycles. The van der Waals surface area contributed by atoms with Crippen LogP contribution >= 0.6 is 22.7 Å². The Kier molecular flexibility index (Phi) is 8.87. The van der Waals surface area contributed by atoms with Crippen LogP contribution in [-0.4, -0.2) is 81.8 Å². The highest BCUT2D eigenvalue weighted by atomic mass is 32.2. The van der Waals surface area contributed by atoms with Crippen molar-refractivity contribution in [2.75, 3.05) is 30.0 Å². The molecule has 8 rings (SSSR count). The zero-order valence-corrected chi connectivity index (χ0v) is 29.9. The number of benzene rings is 4. The number of hydrogen-bond donors (Lipinski definition) is 3. The van der Waals surface area contributed by atoms with Crippen LogP contribution in [0.5, 0.6) is 0 Å². The van der Waals surface area contributed by atoms with Crippen LogP contribution in [0.15, 0.2) is 107 Å². The Morgan fingerprint density at radius 3 is 1.96 bits per heavy atom. The van der Waals surface area contributed by atoms with Gasteiger partial charge in [0.25, 0.3) is 20.2 Å². The predicted octanol–water partition coefficient (Wildman–Crippen LogP) is 5.74. The first kappa shape index (κ1) is 34.1. The summed E-state index contributed by atoms with van der Waals surface area (Å²) in [5.41, 5.74) is 6.70. The lowest BCUT2D eigenvalue weighted by atomic mass is 10.1. The first-order valence-electron chi connectivity index (χ1n) is 15.5. The molecule has 4 heterocycles. The smallest absolute Gasteiger partial charge is 0.294 e. The quantitative estimate of drug-likeness (QED) is 0.150. The van der Waals surface area contributed by atoms with Gasteiger partial charge in [0.1, 0.15) is 22.7 Å². The zero-order chi connectivity index (χ0) is 36.0. The summed E-state index contributed by atoms with van der Waals surface area (Å²) in [5, 5.41) is 2.92. The van der Waals surface area contributed by atoms with Crippen LogP contribution in [-0.2, 0) is 25.0 Å². The van der Waals surface area contributed by atoms with Crippen molar-refractivity contribution in [1.29, 1.82) is 0 Å². The fraction of sp³-hybridized carbons (Fsp3) is 0.121. The largest absolute Gasteiger partial charge is 0.355 e. The number of nitrogens with one attached hydrogen (secondary N) is 1. The van der Waals surface area contributed by atoms with E-state index in [1.165, 1.54) is 59.6 Å². The van der Waals surface area contributed by atoms with E-state index in [4.69, 9.17) is 14.7 Å². The van der Waals surface area contributed by atoms with Gasteiger partial charge in [-0.15, -0.1) is 22.7 Å². The second-order valence-electron chi connectivity index (χ2n) is 11.5. The highest BCUT2D eigenvalue weighted by Gasteiger charge is 2.33. The molecule has 1 saturated heterocycles. The summed E-state index contributed by atoms with van der Waals surface area (Å²) >= 11 is 2.74. The van der Waals surface area contributed by atoms with Crippen molar-refractivity contribution >= 4 is 80.7 Å². The van der Waals surface area contributed by atoms with Gasteiger partial charge in [0.2, 0.25) is 5.95 Å². The number of para-hydroxylation sites is 2. The summed E-state index contributed by atoms with van der Waals surface area (Å²) in [6.45, 7) is 0.843. The summed E-state index contributed by atoms with van der Waals surface area (Å²) in [5.74, 6) is 0.205. The Morgan fingerprint density at radius 2 is 1.35 bits per heavy atom. The number of thiazole rings is 2. The van der Waals surface area contributed by atoms with Crippen LogP contribution in [0.1, 0.15) is 0 Å². The van der Waals surface area contributed by atoms with Crippen LogP contribution in [0, 0.1) is 0 Å². The van der Waals surface area contributed by atoms with Crippen LogP contribution in [0.4, 0.5) is 17.3 Å². The van der Waals surface area contributed by atoms with Crippen molar-refractivity contribution < 1.29 is 30.7 Å². The number of fused-ring (bicyclic) bond motifs is 2. The second-order valence-corrected chi connectivity index (χ2v) is 16.4. The van der Waals surface area contributed by atoms with E-state index in [0.29, 0.717) is 44.6 Å². The minimum Gasteiger partial charge on any atom is -0.355 e. The van der Waals surface area contributed by atoms with Crippen molar-refractivity contribution in [3.63, 3.8) is 0 Å². The molecule has 0 amide bonds. The lowest BCUT2D eigenvalue weighted by molar-refractivity contribution is -0.0160. The molecule has 0 aliphatic carbocycles. The van der Waals surface area contributed by atoms with E-state index in [2.05, 4.69) is 20.4 Å². The van der Waals surface area contributed by atoms with Gasteiger partial charge < -0.3 is 10.2 Å². The molecule has 0 radical (unpaired) electrons. The van der Waals surface area contributed by atoms with Crippen LogP contribution < -0.4 is 10.3 Å². The highest BCUT2D eigenvalue weighted by Crippen LogP contribution is 2.41. The number of nitrogens with zero attached hydrogens (tertiary/aromatic N) is 7. The number of morpholine rings is 1. The molecule has 1 fully saturated rings. The maximum atomic E-state index is 12.3. The molecule has 1 aliphatic heterocycles. The fourth-order valence-corrected chi connectivity index (χ4v) is 8.80. The van der Waals surface area contributed by atoms with Crippen LogP contribution in [0.3, 0.4) is 0 Å². The molecule has 3 aromatic heterocycles. The third-order valence-corrected chi connectivity index (χ3v) is 12.0. The first-order chi connectivity index (χ1) is 25.0. The minimum atomic E-state index is -4.58. The van der Waals surface area contributed by atoms with Crippen LogP contribution in [0.2, 0.25) is 0 Å². The number of aromatic nitrogens is 5. The standard InChI is InChI=1S/C33H26N8O7S4/c42-51(43,44)20-9-11-24(22(15-20)31-37-25-5-1-3-7-28(25)49-31)39-40-13-14-48-30(17-40)41(33-35-18-34-19-36-33)27-12-10-21(52(45,46)47)16-23(27)32-38-26-6-2-4-8-29(26)50-32/h1-12,15-16,18-19,30,39H,13-14,17H2,(H,42,43,44)(H,45,46,47). The van der Waals surface area contributed by atoms with E-state index in [1.54, 1.807) is 17.0 Å². The maximum Gasteiger partial charge on any atom is 0.294 e. The van der Waals surface area contributed by atoms with Gasteiger partial charge in [-0.1, -0.05) is 24.3 Å². The maximum absolute atomic E-state index is 12.3. The lowest BCUT2D eigenvalue weighted by Gasteiger charge is -2.40. The molecule has 3 N–H and O–H groups in total. The monoisotopic (exact) mass is 774 g/mol. The van der Waals surface area contributed by atoms with Crippen molar-refractivity contribution in [3.8, 4) is 21.1 Å². The molecule has 0 spiro atoms. The van der Waals surface area contributed by atoms with E-state index < -0.39 is 26.5 Å². The Hall–Kier alpha value is -4.99. The average Bonchev–Trinajstić information content (AvgIpc) is 3.77. The van der Waals surface area contributed by atoms with Crippen molar-refractivity contribution in [1.82, 2.24) is 29.9 Å². The Bertz CT molecular complexity index is 2610. The van der Waals surface area contributed by atoms with Gasteiger partial charge in [-0.3, -0.25) is 14.0 Å². The second kappa shape index (κ2) is 13.5. The summed E-state index contributed by atoms with van der Waals surface area (Å²) in [6.07, 6.45) is 1.90. The summed E-state index contributed by atoms with van der Waals surface area (Å²) in [7, 11) is -9.09. The van der Waals surface area contributed by atoms with Gasteiger partial charge >= 0.3 is 0 Å². The summed E-state index contributed by atoms with van der Waals surface area (Å²) in [4.78, 5) is 23.4. The zero-order valence-electron chi connectivity index (χ0n) is 26.6. The van der Waals surface area contributed by atoms with E-state index in [1.807, 2.05) is 53.5 Å². The van der Waals surface area contributed by atoms with E-state index in [0.717, 1.165) is 14.9 Å². The molecule has 19 heteroatoms. The number of anilines is 3. The number of rotatable bonds is 9. The Balaban J connectivity index is 1.19. The predicted molar refractivity (Wildman–Crippen MR) is 197 cm³/mol. The van der Waals surface area contributed by atoms with Crippen molar-refractivity contribution in [2.24, 2.45) is 0 Å². The molecule has 15 nitrogen and oxygen atoms in total. The molecule has 52 heavy (non-hydrogen) atoms. The van der Waals surface area contributed by atoms with Crippen molar-refractivity contribution in [3.05, 3.63) is 97.6 Å². The Morgan fingerprint density at radius 1 is 0.769 bits per heavy atom. The summed E-state index contributed by atoms with van der Waals surface area (Å²) < 4.78 is 76.9. The van der Waals surface area contributed by atoms with Gasteiger partial charge in [-0.25, -0.2) is 29.9 Å². The normalized spacial score (nSPS) is 15.6. The molecule has 1 unspecified atom stereocenters. The van der Waals surface area contributed by atoms with Gasteiger partial charge in [0.15, 0.2) is 6.23 Å². The minimum absolute atomic E-state index is 0.199. The fourth-order valence-electron chi connectivity index (χ4n) is 5.80. The first-order valence-corrected chi connectivity index (χ1v) is 20.0. The SMILES string of the molecule is O=S(=O)(O)c1ccc(NN2CCOC(N(c3ncncn3)c3ccc(S(=O)(=O)O)cc3-c3nc4ccccc4s3)C2)c(-c2nc3ccccc3s2)c1. The lowest BCUT2D eigenvalue weighted by Crippen LogP contribution is -2.52. The molecule has 1 atom stereocenters. The van der Waals surface area contributed by atoms with E-state index in [-0.39, 0.29) is 28.9 Å². The van der Waals surface area contributed by atoms with Crippen LogP contribution in [0.25, 0.3) is 41.6 Å². The Labute approximate surface area is 304 Å². The van der Waals surface area contributed by atoms with E-state index >= 15 is 0 Å². The third kappa shape index (κ3) is 6.83. The molecule has 7 aromatic rings. The molecular formula is C33H26N8O7S4. The number of hydrazine groups is 1. The average molecular weight is 775 g/mol. The molecule has 4 aromatic carbocycles. The van der Waals surface area contributed by atoms with Gasteiger partial charge in [0, 0.05) is 17.7 Å². The molecule has 1 aliphatic rings. The molecule has 264 valence electrons. The molecular weight excluding hydrogens is 749 g/mol. The van der Waals surface area contributed by atoms with Crippen molar-refractivity contribution in [2.45, 2.75) is 16.0 Å². The third-order valence-electron chi connectivity index (χ3n) is 8.17. The highest BCUT2D eigenvalue weighted by molar-refractivity contribution is 7.86. The topological polar surface area (TPSA) is 201 Å². The number of hydrogen-bond acceptors (Lipinski definition) is 15. The number of ether oxygens (including phenoxy) is 1. The molecule has 0 bridgehead atoms. The van der Waals surface area contributed by atoms with Gasteiger partial charge in [-0.2, -0.15) is 16.8 Å².